The van der Waals surface area contributed by atoms with Crippen molar-refractivity contribution in [2.75, 3.05) is 45.9 Å². The van der Waals surface area contributed by atoms with Crippen molar-refractivity contribution < 1.29 is 132 Å². The van der Waals surface area contributed by atoms with Gasteiger partial charge in [-0.05, 0) is 134 Å². The van der Waals surface area contributed by atoms with Gasteiger partial charge in [0.15, 0.2) is 0 Å². The standard InChI is InChI=1S/C74H117N19O27/c1-7-37(4)59(71(116)89-49(74(119)120)29-36(2)3)91-67(112)47(30-40-16-18-41(97)19-17-40)88-70(115)52-15-12-28-93(52)73(118)46(14-9-11-27-76)86-63(108)42(13-8-10-26-75)85-72(117)60(39(6)96)92-61(106)38(5)80-66(111)48(31-53(77)98)87-68(113)50(34-94)82-56(101)33-78-55(100)32-79-62(107)43(21-24-57(102)103)83-65(110)45(22-25-58(104)105)84-69(114)51(35-95)90-64(109)44-20-23-54(99)81-44/h16-19,36-39,42-52,59-60,94-97H,7-15,20-35,75-76H2,1-6H3,(H2,77,98)(H,78,100)(H,79,107)(H,80,111)(H,81,99)(H,82,101)(H,83,110)(H,84,114)(H,85,117)(H,86,108)(H,87,113)(H,88,115)(H,89,116)(H,90,109)(H,91,112)(H,92,106)(H,102,103)(H,104,105)(H,119,120)/t37-,38-,39+,42-,43-,44-,45-,46-,47-,48-,49-,50-,51-,52-,59-,60-/m0/s1. The number of carboxylic acids is 3. The van der Waals surface area contributed by atoms with Crippen LogP contribution < -0.4 is 97.0 Å². The van der Waals surface area contributed by atoms with E-state index in [2.05, 4.69) is 74.4 Å². The fraction of sp³-hybridized carbons (Fsp3) is 0.649. The third-order valence-corrected chi connectivity index (χ3v) is 19.3. The molecule has 16 atom stereocenters. The minimum absolute atomic E-state index is 0.00429. The summed E-state index contributed by atoms with van der Waals surface area (Å²) < 4.78 is 0. The topological polar surface area (TPSA) is 745 Å². The number of primary amides is 1. The Bertz CT molecular complexity index is 3760. The van der Waals surface area contributed by atoms with Gasteiger partial charge < -0.3 is 138 Å². The van der Waals surface area contributed by atoms with Crippen molar-refractivity contribution in [1.82, 2.24) is 84.7 Å². The second-order valence-corrected chi connectivity index (χ2v) is 29.6. The van der Waals surface area contributed by atoms with Gasteiger partial charge in [0.2, 0.25) is 100 Å². The maximum atomic E-state index is 14.8. The first-order chi connectivity index (χ1) is 56.6. The quantitative estimate of drug-likeness (QED) is 0.0269. The summed E-state index contributed by atoms with van der Waals surface area (Å²) in [4.78, 5) is 266. The van der Waals surface area contributed by atoms with Crippen LogP contribution in [0.2, 0.25) is 0 Å². The molecule has 1 aromatic carbocycles. The first-order valence-corrected chi connectivity index (χ1v) is 39.4. The molecule has 1 aromatic rings. The van der Waals surface area contributed by atoms with E-state index in [0.717, 1.165) is 13.8 Å². The number of amides is 17. The number of phenols is 1. The maximum Gasteiger partial charge on any atom is 0.326 e. The molecule has 3 rings (SSSR count). The number of aliphatic carboxylic acids is 3. The number of hydrogen-bond acceptors (Lipinski definition) is 26. The lowest BCUT2D eigenvalue weighted by molar-refractivity contribution is -0.143. The molecule has 2 saturated heterocycles. The van der Waals surface area contributed by atoms with Gasteiger partial charge in [-0.15, -0.1) is 0 Å². The number of unbranched alkanes of at least 4 members (excludes halogenated alkanes) is 2. The smallest absolute Gasteiger partial charge is 0.326 e. The number of aliphatic hydroxyl groups excluding tert-OH is 3. The van der Waals surface area contributed by atoms with E-state index in [1.54, 1.807) is 27.7 Å². The van der Waals surface area contributed by atoms with Crippen LogP contribution in [0.5, 0.6) is 5.75 Å². The van der Waals surface area contributed by atoms with E-state index in [1.807, 2.05) is 5.32 Å². The number of carbonyl (C=O) groups is 20. The average molecular weight is 1700 g/mol. The molecule has 0 radical (unpaired) electrons. The second-order valence-electron chi connectivity index (χ2n) is 29.6. The molecule has 2 heterocycles. The summed E-state index contributed by atoms with van der Waals surface area (Å²) in [6, 6.07) is -16.3. The van der Waals surface area contributed by atoms with E-state index in [9.17, 15) is 132 Å². The third-order valence-electron chi connectivity index (χ3n) is 19.3. The monoisotopic (exact) mass is 1700 g/mol. The fourth-order valence-corrected chi connectivity index (χ4v) is 12.4. The van der Waals surface area contributed by atoms with Crippen LogP contribution in [0.25, 0.3) is 0 Å². The number of carbonyl (C=O) groups excluding carboxylic acids is 17. The number of carboxylic acid groups (broad SMARTS) is 3. The first-order valence-electron chi connectivity index (χ1n) is 39.4. The lowest BCUT2D eigenvalue weighted by atomic mass is 9.96. The Labute approximate surface area is 690 Å². The number of phenolic OH excluding ortho intramolecular Hbond substituents is 1. The van der Waals surface area contributed by atoms with Crippen LogP contribution in [-0.2, 0) is 102 Å². The summed E-state index contributed by atoms with van der Waals surface area (Å²) in [5, 5.41) is 104. The van der Waals surface area contributed by atoms with E-state index in [-0.39, 0.29) is 95.5 Å². The van der Waals surface area contributed by atoms with Crippen LogP contribution in [0.1, 0.15) is 156 Å². The van der Waals surface area contributed by atoms with Crippen LogP contribution in [0.3, 0.4) is 0 Å². The maximum absolute atomic E-state index is 14.8. The van der Waals surface area contributed by atoms with Crippen molar-refractivity contribution in [3.05, 3.63) is 29.8 Å². The van der Waals surface area contributed by atoms with Gasteiger partial charge in [0.05, 0.1) is 38.8 Å². The Kier molecular flexibility index (Phi) is 44.6. The van der Waals surface area contributed by atoms with E-state index in [0.29, 0.717) is 24.8 Å². The van der Waals surface area contributed by atoms with Gasteiger partial charge in [0.1, 0.15) is 90.3 Å². The Morgan fingerprint density at radius 2 is 0.983 bits per heavy atom. The Balaban J connectivity index is 1.74. The minimum atomic E-state index is -1.96. The molecule has 120 heavy (non-hydrogen) atoms. The minimum Gasteiger partial charge on any atom is -0.508 e. The Morgan fingerprint density at radius 3 is 1.50 bits per heavy atom. The molecular formula is C74H117N19O27. The summed E-state index contributed by atoms with van der Waals surface area (Å²) in [5.74, 6) is -22.6. The highest BCUT2D eigenvalue weighted by Gasteiger charge is 2.43. The third kappa shape index (κ3) is 35.8. The van der Waals surface area contributed by atoms with Gasteiger partial charge in [-0.1, -0.05) is 46.2 Å². The Hall–Kier alpha value is -11.8. The number of nitrogens with zero attached hydrogens (tertiary/aromatic N) is 1. The van der Waals surface area contributed by atoms with Crippen molar-refractivity contribution in [2.45, 2.75) is 248 Å². The first kappa shape index (κ1) is 102. The van der Waals surface area contributed by atoms with Crippen molar-refractivity contribution >= 4 is 118 Å². The highest BCUT2D eigenvalue weighted by atomic mass is 16.4. The van der Waals surface area contributed by atoms with Crippen LogP contribution in [0.15, 0.2) is 24.3 Å². The molecule has 46 nitrogen and oxygen atoms in total. The number of benzene rings is 1. The highest BCUT2D eigenvalue weighted by molar-refractivity contribution is 6.01. The van der Waals surface area contributed by atoms with Gasteiger partial charge in [-0.2, -0.15) is 0 Å². The van der Waals surface area contributed by atoms with Crippen molar-refractivity contribution in [1.29, 1.82) is 0 Å². The normalized spacial score (nSPS) is 17.1. The largest absolute Gasteiger partial charge is 0.508 e. The van der Waals surface area contributed by atoms with Gasteiger partial charge in [0, 0.05) is 32.2 Å². The van der Waals surface area contributed by atoms with E-state index in [1.165, 1.54) is 29.2 Å². The molecule has 2 aliphatic rings. The van der Waals surface area contributed by atoms with E-state index in [4.69, 9.17) is 17.2 Å². The van der Waals surface area contributed by atoms with Crippen molar-refractivity contribution in [3.63, 3.8) is 0 Å². The summed E-state index contributed by atoms with van der Waals surface area (Å²) in [6.07, 6.45) is -3.96. The van der Waals surface area contributed by atoms with E-state index >= 15 is 0 Å². The predicted molar refractivity (Wildman–Crippen MR) is 418 cm³/mol. The van der Waals surface area contributed by atoms with Crippen molar-refractivity contribution in [2.24, 2.45) is 29.0 Å². The molecule has 0 bridgehead atoms. The van der Waals surface area contributed by atoms with Crippen LogP contribution in [-0.4, -0.2) is 296 Å². The summed E-state index contributed by atoms with van der Waals surface area (Å²) in [7, 11) is 0. The zero-order valence-electron chi connectivity index (χ0n) is 67.8. The number of likely N-dealkylation sites (tertiary alicyclic amines) is 1. The molecule has 28 N–H and O–H groups in total. The molecule has 0 spiro atoms. The predicted octanol–water partition coefficient (Wildman–Crippen LogP) is -9.32. The molecular weight excluding hydrogens is 1590 g/mol. The molecule has 17 amide bonds. The van der Waals surface area contributed by atoms with Gasteiger partial charge in [0.25, 0.3) is 0 Å². The molecule has 0 unspecified atom stereocenters. The summed E-state index contributed by atoms with van der Waals surface area (Å²) in [6.45, 7) is 5.21. The van der Waals surface area contributed by atoms with Gasteiger partial charge >= 0.3 is 17.9 Å². The zero-order valence-corrected chi connectivity index (χ0v) is 67.8. The summed E-state index contributed by atoms with van der Waals surface area (Å²) in [5.41, 5.74) is 17.5. The van der Waals surface area contributed by atoms with E-state index < -0.39 is 273 Å². The van der Waals surface area contributed by atoms with Crippen LogP contribution in [0, 0.1) is 11.8 Å². The van der Waals surface area contributed by atoms with Gasteiger partial charge in [-0.3, -0.25) is 91.1 Å². The number of nitrogens with two attached hydrogens (primary N) is 3. The van der Waals surface area contributed by atoms with Crippen LogP contribution in [0.4, 0.5) is 0 Å². The SMILES string of the molecule is CC[C@H](C)[C@H](NC(=O)[C@H](Cc1ccc(O)cc1)NC(=O)[C@@H]1CCCN1C(=O)[C@H](CCCCN)NC(=O)[C@H](CCCCN)NC(=O)[C@@H](NC(=O)[C@H](C)NC(=O)[C@H](CC(N)=O)NC(=O)[C@H](CO)NC(=O)CNC(=O)CNC(=O)[C@H](CCC(=O)O)NC(=O)[C@H](CCC(=O)O)NC(=O)[C@H](CO)NC(=O)[C@@H]1CCC(=O)N1)[C@@H](C)O)C(=O)N[C@@H](CC(C)C)C(=O)O. The molecule has 0 saturated carbocycles. The lowest BCUT2D eigenvalue weighted by Gasteiger charge is -2.32. The number of nitrogens with one attached hydrogen (secondary N) is 15. The molecule has 0 aromatic heterocycles. The molecule has 2 aliphatic heterocycles. The highest BCUT2D eigenvalue weighted by Crippen LogP contribution is 2.23. The number of rotatable bonds is 55. The molecule has 0 aliphatic carbocycles. The van der Waals surface area contributed by atoms with Crippen molar-refractivity contribution in [3.8, 4) is 5.75 Å². The fourth-order valence-electron chi connectivity index (χ4n) is 12.4. The Morgan fingerprint density at radius 1 is 0.508 bits per heavy atom. The number of aromatic hydroxyl groups is 1. The number of hydrogen-bond donors (Lipinski definition) is 25. The molecule has 46 heteroatoms. The van der Waals surface area contributed by atoms with Crippen LogP contribution >= 0.6 is 0 Å². The lowest BCUT2D eigenvalue weighted by Crippen LogP contribution is -2.62. The summed E-state index contributed by atoms with van der Waals surface area (Å²) >= 11 is 0. The van der Waals surface area contributed by atoms with Gasteiger partial charge in [-0.25, -0.2) is 4.79 Å². The average Bonchev–Trinajstić information content (AvgIpc) is 1.64. The number of aliphatic hydroxyl groups is 3. The molecule has 670 valence electrons. The zero-order chi connectivity index (χ0) is 90.2. The second kappa shape index (κ2) is 52.2. The molecule has 2 fully saturated rings.